The summed E-state index contributed by atoms with van der Waals surface area (Å²) in [5, 5.41) is 14.4. The number of hydrogen-bond acceptors (Lipinski definition) is 4. The smallest absolute Gasteiger partial charge is 0.321 e. The van der Waals surface area contributed by atoms with Crippen LogP contribution in [0.15, 0.2) is 24.3 Å². The van der Waals surface area contributed by atoms with Gasteiger partial charge in [0.25, 0.3) is 0 Å². The summed E-state index contributed by atoms with van der Waals surface area (Å²) in [7, 11) is 1.86. The molecule has 1 fully saturated rings. The number of urea groups is 1. The van der Waals surface area contributed by atoms with Crippen LogP contribution in [0.3, 0.4) is 0 Å². The average molecular weight is 334 g/mol. The minimum Gasteiger partial charge on any atom is -0.388 e. The number of likely N-dealkylation sites (tertiary alicyclic amines) is 1. The molecule has 1 aliphatic rings. The normalized spacial score (nSPS) is 15.0. The summed E-state index contributed by atoms with van der Waals surface area (Å²) < 4.78 is 0. The van der Waals surface area contributed by atoms with Crippen LogP contribution >= 0.6 is 0 Å². The number of anilines is 2. The van der Waals surface area contributed by atoms with Gasteiger partial charge < -0.3 is 15.5 Å². The molecule has 1 saturated heterocycles. The molecule has 1 aromatic carbocycles. The van der Waals surface area contributed by atoms with E-state index >= 15 is 0 Å². The highest BCUT2D eigenvalue weighted by molar-refractivity contribution is 5.89. The quantitative estimate of drug-likeness (QED) is 0.475. The molecule has 2 rings (SSSR count). The molecule has 24 heavy (non-hydrogen) atoms. The number of hydroxylamine groups is 1. The molecule has 0 saturated carbocycles. The van der Waals surface area contributed by atoms with Gasteiger partial charge in [-0.25, -0.2) is 10.3 Å². The summed E-state index contributed by atoms with van der Waals surface area (Å²) in [5.74, 6) is 0.201. The van der Waals surface area contributed by atoms with Crippen molar-refractivity contribution < 1.29 is 14.8 Å². The lowest BCUT2D eigenvalue weighted by Gasteiger charge is -2.32. The summed E-state index contributed by atoms with van der Waals surface area (Å²) in [5.41, 5.74) is 3.44. The fraction of sp³-hybridized carbons (Fsp3) is 0.529. The zero-order valence-electron chi connectivity index (χ0n) is 14.0. The second kappa shape index (κ2) is 9.12. The van der Waals surface area contributed by atoms with Gasteiger partial charge >= 0.3 is 6.03 Å². The van der Waals surface area contributed by atoms with E-state index < -0.39 is 0 Å². The van der Waals surface area contributed by atoms with Crippen LogP contribution < -0.4 is 16.1 Å². The van der Waals surface area contributed by atoms with Crippen molar-refractivity contribution in [1.82, 2.24) is 10.4 Å². The third kappa shape index (κ3) is 5.42. The van der Waals surface area contributed by atoms with E-state index in [9.17, 15) is 9.59 Å². The Balaban J connectivity index is 1.71. The Morgan fingerprint density at radius 3 is 2.38 bits per heavy atom. The zero-order chi connectivity index (χ0) is 17.4. The monoisotopic (exact) mass is 334 g/mol. The molecule has 132 valence electrons. The topological polar surface area (TPSA) is 93.7 Å². The molecule has 7 nitrogen and oxygen atoms in total. The van der Waals surface area contributed by atoms with Crippen molar-refractivity contribution in [2.24, 2.45) is 5.92 Å². The first-order valence-electron chi connectivity index (χ1n) is 8.39. The van der Waals surface area contributed by atoms with E-state index in [-0.39, 0.29) is 11.9 Å². The van der Waals surface area contributed by atoms with Crippen LogP contribution in [-0.2, 0) is 4.79 Å². The molecule has 0 bridgehead atoms. The van der Waals surface area contributed by atoms with Crippen LogP contribution in [-0.4, -0.2) is 42.2 Å². The number of carbonyl (C=O) groups excluding carboxylic acids is 2. The molecule has 0 aliphatic carbocycles. The molecule has 7 heteroatoms. The molecule has 1 heterocycles. The summed E-state index contributed by atoms with van der Waals surface area (Å²) in [6, 6.07) is 7.53. The van der Waals surface area contributed by atoms with Gasteiger partial charge in [0.05, 0.1) is 0 Å². The lowest BCUT2D eigenvalue weighted by Crippen LogP contribution is -2.41. The molecule has 1 aliphatic heterocycles. The summed E-state index contributed by atoms with van der Waals surface area (Å²) in [4.78, 5) is 25.1. The van der Waals surface area contributed by atoms with Gasteiger partial charge in [-0.05, 0) is 55.9 Å². The van der Waals surface area contributed by atoms with Crippen molar-refractivity contribution in [3.63, 3.8) is 0 Å². The highest BCUT2D eigenvalue weighted by atomic mass is 16.5. The first-order valence-corrected chi connectivity index (χ1v) is 8.39. The minimum absolute atomic E-state index is 0.0645. The molecular weight excluding hydrogens is 308 g/mol. The van der Waals surface area contributed by atoms with Gasteiger partial charge in [0, 0.05) is 37.9 Å². The Labute approximate surface area is 142 Å². The molecule has 0 unspecified atom stereocenters. The van der Waals surface area contributed by atoms with Crippen LogP contribution in [0.25, 0.3) is 0 Å². The Hall–Kier alpha value is -2.28. The lowest BCUT2D eigenvalue weighted by atomic mass is 9.91. The number of hydrogen-bond donors (Lipinski definition) is 4. The standard InChI is InChI=1S/C17H26N4O3/c1-18-14-5-7-15(8-6-14)19-17(23)21-11-9-13(10-12-21)3-2-4-16(22)20-24/h5-8,13,18,24H,2-4,9-12H2,1H3,(H,19,23)(H,20,22). The fourth-order valence-electron chi connectivity index (χ4n) is 2.95. The van der Waals surface area contributed by atoms with E-state index in [1.807, 2.05) is 36.2 Å². The van der Waals surface area contributed by atoms with Gasteiger partial charge in [0.2, 0.25) is 5.91 Å². The molecule has 1 aromatic rings. The first kappa shape index (κ1) is 18.1. The molecule has 0 radical (unpaired) electrons. The molecule has 0 atom stereocenters. The predicted octanol–water partition coefficient (Wildman–Crippen LogP) is 2.65. The maximum atomic E-state index is 12.3. The van der Waals surface area contributed by atoms with E-state index in [4.69, 9.17) is 5.21 Å². The van der Waals surface area contributed by atoms with E-state index in [1.54, 1.807) is 5.48 Å². The van der Waals surface area contributed by atoms with Crippen molar-refractivity contribution >= 4 is 23.3 Å². The number of piperidine rings is 1. The van der Waals surface area contributed by atoms with Crippen molar-refractivity contribution in [1.29, 1.82) is 0 Å². The van der Waals surface area contributed by atoms with E-state index in [0.29, 0.717) is 12.3 Å². The fourth-order valence-corrected chi connectivity index (χ4v) is 2.95. The van der Waals surface area contributed by atoms with E-state index in [1.165, 1.54) is 0 Å². The van der Waals surface area contributed by atoms with Crippen LogP contribution in [0.5, 0.6) is 0 Å². The predicted molar refractivity (Wildman–Crippen MR) is 93.1 cm³/mol. The Morgan fingerprint density at radius 2 is 1.79 bits per heavy atom. The second-order valence-electron chi connectivity index (χ2n) is 6.12. The largest absolute Gasteiger partial charge is 0.388 e. The maximum Gasteiger partial charge on any atom is 0.321 e. The van der Waals surface area contributed by atoms with Crippen molar-refractivity contribution in [2.75, 3.05) is 30.8 Å². The number of benzene rings is 1. The number of carbonyl (C=O) groups is 2. The summed E-state index contributed by atoms with van der Waals surface area (Å²) in [6.07, 6.45) is 3.97. The number of nitrogens with zero attached hydrogens (tertiary/aromatic N) is 1. The molecule has 4 N–H and O–H groups in total. The first-order chi connectivity index (χ1) is 11.6. The zero-order valence-corrected chi connectivity index (χ0v) is 14.0. The highest BCUT2D eigenvalue weighted by Gasteiger charge is 2.22. The second-order valence-corrected chi connectivity index (χ2v) is 6.12. The number of amides is 3. The van der Waals surface area contributed by atoms with Gasteiger partial charge in [-0.1, -0.05) is 0 Å². The lowest BCUT2D eigenvalue weighted by molar-refractivity contribution is -0.129. The number of rotatable bonds is 6. The molecular formula is C17H26N4O3. The third-order valence-electron chi connectivity index (χ3n) is 4.47. The molecule has 0 spiro atoms. The van der Waals surface area contributed by atoms with Gasteiger partial charge in [-0.2, -0.15) is 0 Å². The Bertz CT molecular complexity index is 539. The Morgan fingerprint density at radius 1 is 1.17 bits per heavy atom. The maximum absolute atomic E-state index is 12.3. The van der Waals surface area contributed by atoms with Gasteiger partial charge in [-0.15, -0.1) is 0 Å². The van der Waals surface area contributed by atoms with Gasteiger partial charge in [-0.3, -0.25) is 10.0 Å². The molecule has 3 amide bonds. The summed E-state index contributed by atoms with van der Waals surface area (Å²) >= 11 is 0. The average Bonchev–Trinajstić information content (AvgIpc) is 2.62. The van der Waals surface area contributed by atoms with Crippen molar-refractivity contribution in [3.8, 4) is 0 Å². The van der Waals surface area contributed by atoms with Crippen LogP contribution in [0, 0.1) is 5.92 Å². The van der Waals surface area contributed by atoms with Crippen LogP contribution in [0.2, 0.25) is 0 Å². The summed E-state index contributed by atoms with van der Waals surface area (Å²) in [6.45, 7) is 1.47. The molecule has 0 aromatic heterocycles. The SMILES string of the molecule is CNc1ccc(NC(=O)N2CCC(CCCC(=O)NO)CC2)cc1. The third-order valence-corrected chi connectivity index (χ3v) is 4.47. The van der Waals surface area contributed by atoms with Crippen molar-refractivity contribution in [2.45, 2.75) is 32.1 Å². The van der Waals surface area contributed by atoms with Crippen LogP contribution in [0.4, 0.5) is 16.2 Å². The van der Waals surface area contributed by atoms with Gasteiger partial charge in [0.15, 0.2) is 0 Å². The Kier molecular flexibility index (Phi) is 6.87. The van der Waals surface area contributed by atoms with E-state index in [2.05, 4.69) is 10.6 Å². The number of nitrogens with one attached hydrogen (secondary N) is 3. The van der Waals surface area contributed by atoms with E-state index in [0.717, 1.165) is 50.1 Å². The highest BCUT2D eigenvalue weighted by Crippen LogP contribution is 2.23. The van der Waals surface area contributed by atoms with Crippen LogP contribution in [0.1, 0.15) is 32.1 Å². The minimum atomic E-state index is -0.337. The van der Waals surface area contributed by atoms with Gasteiger partial charge in [0.1, 0.15) is 0 Å². The van der Waals surface area contributed by atoms with Crippen molar-refractivity contribution in [3.05, 3.63) is 24.3 Å².